The zero-order valence-corrected chi connectivity index (χ0v) is 7.84. The highest BCUT2D eigenvalue weighted by molar-refractivity contribution is 5.83. The van der Waals surface area contributed by atoms with E-state index in [1.807, 2.05) is 13.0 Å². The van der Waals surface area contributed by atoms with E-state index in [2.05, 4.69) is 17.7 Å². The van der Waals surface area contributed by atoms with Gasteiger partial charge in [0.2, 0.25) is 0 Å². The van der Waals surface area contributed by atoms with Crippen LogP contribution in [0.4, 0.5) is 4.39 Å². The molecule has 68 valence electrons. The van der Waals surface area contributed by atoms with E-state index in [4.69, 9.17) is 0 Å². The molecule has 13 heavy (non-hydrogen) atoms. The fraction of sp³-hybridized carbons (Fsp3) is 0.273. The molecule has 2 rings (SSSR count). The third kappa shape index (κ3) is 1.22. The van der Waals surface area contributed by atoms with Gasteiger partial charge in [0.25, 0.3) is 0 Å². The highest BCUT2D eigenvalue weighted by atomic mass is 19.1. The molecule has 0 aliphatic carbocycles. The number of nitrogens with zero attached hydrogens (tertiary/aromatic N) is 1. The van der Waals surface area contributed by atoms with Gasteiger partial charge in [0.05, 0.1) is 5.52 Å². The summed E-state index contributed by atoms with van der Waals surface area (Å²) in [7, 11) is 0. The Morgan fingerprint density at radius 1 is 1.38 bits per heavy atom. The lowest BCUT2D eigenvalue weighted by Gasteiger charge is -1.99. The van der Waals surface area contributed by atoms with Crippen molar-refractivity contribution in [2.24, 2.45) is 0 Å². The van der Waals surface area contributed by atoms with Gasteiger partial charge in [-0.25, -0.2) is 4.39 Å². The molecule has 0 amide bonds. The SMILES string of the molecule is CCn1cc(C)c2ccc(F)cc21. The highest BCUT2D eigenvalue weighted by Gasteiger charge is 2.04. The maximum Gasteiger partial charge on any atom is 0.125 e. The zero-order chi connectivity index (χ0) is 9.42. The largest absolute Gasteiger partial charge is 0.347 e. The Hall–Kier alpha value is -1.31. The lowest BCUT2D eigenvalue weighted by molar-refractivity contribution is 0.628. The summed E-state index contributed by atoms with van der Waals surface area (Å²) in [6, 6.07) is 4.94. The maximum atomic E-state index is 12.9. The number of rotatable bonds is 1. The van der Waals surface area contributed by atoms with Crippen molar-refractivity contribution in [1.82, 2.24) is 4.57 Å². The smallest absolute Gasteiger partial charge is 0.125 e. The first-order valence-corrected chi connectivity index (χ1v) is 4.47. The first-order chi connectivity index (χ1) is 6.22. The molecule has 0 unspecified atom stereocenters. The number of aryl methyl sites for hydroxylation is 2. The summed E-state index contributed by atoms with van der Waals surface area (Å²) in [5, 5.41) is 1.14. The van der Waals surface area contributed by atoms with Crippen LogP contribution in [-0.2, 0) is 6.54 Å². The van der Waals surface area contributed by atoms with Gasteiger partial charge in [0.1, 0.15) is 5.82 Å². The summed E-state index contributed by atoms with van der Waals surface area (Å²) in [6.45, 7) is 4.99. The van der Waals surface area contributed by atoms with Crippen LogP contribution < -0.4 is 0 Å². The quantitative estimate of drug-likeness (QED) is 0.630. The molecule has 0 atom stereocenters. The second-order valence-electron chi connectivity index (χ2n) is 3.26. The summed E-state index contributed by atoms with van der Waals surface area (Å²) in [5.74, 6) is -0.166. The molecule has 1 aromatic heterocycles. The predicted octanol–water partition coefficient (Wildman–Crippen LogP) is 3.11. The Morgan fingerprint density at radius 3 is 2.85 bits per heavy atom. The van der Waals surface area contributed by atoms with E-state index >= 15 is 0 Å². The van der Waals surface area contributed by atoms with Gasteiger partial charge in [-0.3, -0.25) is 0 Å². The van der Waals surface area contributed by atoms with E-state index < -0.39 is 0 Å². The van der Waals surface area contributed by atoms with Crippen LogP contribution in [0.1, 0.15) is 12.5 Å². The monoisotopic (exact) mass is 177 g/mol. The minimum absolute atomic E-state index is 0.166. The van der Waals surface area contributed by atoms with Crippen molar-refractivity contribution in [3.8, 4) is 0 Å². The van der Waals surface area contributed by atoms with Crippen molar-refractivity contribution in [3.05, 3.63) is 35.8 Å². The van der Waals surface area contributed by atoms with E-state index in [0.717, 1.165) is 17.4 Å². The van der Waals surface area contributed by atoms with E-state index in [1.165, 1.54) is 11.6 Å². The Balaban J connectivity index is 2.81. The Morgan fingerprint density at radius 2 is 2.15 bits per heavy atom. The van der Waals surface area contributed by atoms with Gasteiger partial charge in [0.15, 0.2) is 0 Å². The highest BCUT2D eigenvalue weighted by Crippen LogP contribution is 2.21. The van der Waals surface area contributed by atoms with E-state index in [-0.39, 0.29) is 5.82 Å². The number of halogens is 1. The van der Waals surface area contributed by atoms with Gasteiger partial charge >= 0.3 is 0 Å². The third-order valence-electron chi connectivity index (χ3n) is 2.38. The van der Waals surface area contributed by atoms with Crippen molar-refractivity contribution in [1.29, 1.82) is 0 Å². The molecule has 0 aliphatic heterocycles. The summed E-state index contributed by atoms with van der Waals surface area (Å²) in [4.78, 5) is 0. The van der Waals surface area contributed by atoms with Crippen LogP contribution in [0.15, 0.2) is 24.4 Å². The number of benzene rings is 1. The van der Waals surface area contributed by atoms with Gasteiger partial charge in [0, 0.05) is 18.1 Å². The first kappa shape index (κ1) is 8.30. The minimum Gasteiger partial charge on any atom is -0.347 e. The minimum atomic E-state index is -0.166. The molecule has 0 saturated heterocycles. The summed E-state index contributed by atoms with van der Waals surface area (Å²) >= 11 is 0. The van der Waals surface area contributed by atoms with Crippen LogP contribution in [0, 0.1) is 12.7 Å². The van der Waals surface area contributed by atoms with Crippen LogP contribution in [-0.4, -0.2) is 4.57 Å². The Kier molecular flexibility index (Phi) is 1.83. The van der Waals surface area contributed by atoms with E-state index in [1.54, 1.807) is 6.07 Å². The van der Waals surface area contributed by atoms with Crippen molar-refractivity contribution in [3.63, 3.8) is 0 Å². The van der Waals surface area contributed by atoms with Gasteiger partial charge in [-0.2, -0.15) is 0 Å². The fourth-order valence-corrected chi connectivity index (χ4v) is 1.71. The second-order valence-corrected chi connectivity index (χ2v) is 3.26. The van der Waals surface area contributed by atoms with Crippen molar-refractivity contribution >= 4 is 10.9 Å². The van der Waals surface area contributed by atoms with Gasteiger partial charge in [-0.1, -0.05) is 0 Å². The van der Waals surface area contributed by atoms with E-state index in [9.17, 15) is 4.39 Å². The molecular weight excluding hydrogens is 165 g/mol. The topological polar surface area (TPSA) is 4.93 Å². The van der Waals surface area contributed by atoms with Crippen molar-refractivity contribution in [2.75, 3.05) is 0 Å². The average Bonchev–Trinajstić information content (AvgIpc) is 2.42. The van der Waals surface area contributed by atoms with Crippen LogP contribution in [0.25, 0.3) is 10.9 Å². The predicted molar refractivity (Wildman–Crippen MR) is 52.3 cm³/mol. The maximum absolute atomic E-state index is 12.9. The lowest BCUT2D eigenvalue weighted by Crippen LogP contribution is -1.90. The number of aromatic nitrogens is 1. The second kappa shape index (κ2) is 2.87. The molecule has 1 aromatic carbocycles. The molecule has 0 radical (unpaired) electrons. The van der Waals surface area contributed by atoms with Crippen LogP contribution in [0.5, 0.6) is 0 Å². The molecule has 0 saturated carbocycles. The first-order valence-electron chi connectivity index (χ1n) is 4.47. The summed E-state index contributed by atoms with van der Waals surface area (Å²) in [5.41, 5.74) is 2.19. The third-order valence-corrected chi connectivity index (χ3v) is 2.38. The van der Waals surface area contributed by atoms with Crippen molar-refractivity contribution < 1.29 is 4.39 Å². The molecule has 0 spiro atoms. The van der Waals surface area contributed by atoms with Gasteiger partial charge in [-0.15, -0.1) is 0 Å². The normalized spacial score (nSPS) is 11.0. The summed E-state index contributed by atoms with van der Waals surface area (Å²) < 4.78 is 15.0. The fourth-order valence-electron chi connectivity index (χ4n) is 1.71. The molecule has 0 aliphatic rings. The molecule has 1 nitrogen and oxygen atoms in total. The van der Waals surface area contributed by atoms with E-state index in [0.29, 0.717) is 0 Å². The molecule has 1 heterocycles. The summed E-state index contributed by atoms with van der Waals surface area (Å²) in [6.07, 6.45) is 2.06. The number of hydrogen-bond acceptors (Lipinski definition) is 0. The molecule has 0 N–H and O–H groups in total. The standard InChI is InChI=1S/C11H12FN/c1-3-13-7-8(2)10-5-4-9(12)6-11(10)13/h4-7H,3H2,1-2H3. The van der Waals surface area contributed by atoms with Gasteiger partial charge in [-0.05, 0) is 37.6 Å². The van der Waals surface area contributed by atoms with Gasteiger partial charge < -0.3 is 4.57 Å². The number of fused-ring (bicyclic) bond motifs is 1. The van der Waals surface area contributed by atoms with Crippen molar-refractivity contribution in [2.45, 2.75) is 20.4 Å². The zero-order valence-electron chi connectivity index (χ0n) is 7.84. The van der Waals surface area contributed by atoms with Crippen LogP contribution in [0.3, 0.4) is 0 Å². The molecule has 0 bridgehead atoms. The average molecular weight is 177 g/mol. The van der Waals surface area contributed by atoms with Crippen LogP contribution in [0.2, 0.25) is 0 Å². The van der Waals surface area contributed by atoms with Crippen LogP contribution >= 0.6 is 0 Å². The molecule has 2 heteroatoms. The Bertz CT molecular complexity index is 443. The Labute approximate surface area is 76.8 Å². The lowest BCUT2D eigenvalue weighted by atomic mass is 10.2. The molecule has 2 aromatic rings. The number of hydrogen-bond donors (Lipinski definition) is 0. The molecule has 0 fully saturated rings. The molecular formula is C11H12FN.